The Morgan fingerprint density at radius 2 is 2.00 bits per heavy atom. The number of aromatic nitrogens is 4. The predicted molar refractivity (Wildman–Crippen MR) is 75.8 cm³/mol. The van der Waals surface area contributed by atoms with E-state index in [1.54, 1.807) is 15.5 Å². The van der Waals surface area contributed by atoms with Crippen molar-refractivity contribution in [1.29, 1.82) is 0 Å². The minimum absolute atomic E-state index is 0.0714. The third kappa shape index (κ3) is 3.31. The van der Waals surface area contributed by atoms with Crippen LogP contribution in [0.4, 0.5) is 0 Å². The maximum absolute atomic E-state index is 12.3. The monoisotopic (exact) mass is 313 g/mol. The summed E-state index contributed by atoms with van der Waals surface area (Å²) < 4.78 is 30.5. The van der Waals surface area contributed by atoms with E-state index in [-0.39, 0.29) is 18.0 Å². The molecule has 0 spiro atoms. The van der Waals surface area contributed by atoms with Crippen molar-refractivity contribution in [3.8, 4) is 0 Å². The molecule has 0 aromatic carbocycles. The zero-order chi connectivity index (χ0) is 15.5. The largest absolute Gasteiger partial charge is 0.390 e. The van der Waals surface area contributed by atoms with E-state index in [9.17, 15) is 13.5 Å². The molecule has 0 saturated carbocycles. The molecule has 0 bridgehead atoms. The molecule has 0 aliphatic rings. The number of aryl methyl sites for hydroxylation is 2. The molecule has 0 radical (unpaired) electrons. The van der Waals surface area contributed by atoms with E-state index in [1.807, 2.05) is 13.8 Å². The smallest absolute Gasteiger partial charge is 0.242 e. The molecule has 2 rings (SSSR count). The van der Waals surface area contributed by atoms with E-state index in [4.69, 9.17) is 0 Å². The molecule has 2 heterocycles. The van der Waals surface area contributed by atoms with E-state index in [0.29, 0.717) is 24.6 Å². The van der Waals surface area contributed by atoms with Crippen molar-refractivity contribution in [2.45, 2.75) is 45.0 Å². The lowest BCUT2D eigenvalue weighted by Gasteiger charge is -2.05. The molecule has 0 unspecified atom stereocenters. The van der Waals surface area contributed by atoms with Crippen molar-refractivity contribution in [1.82, 2.24) is 24.1 Å². The molecule has 2 N–H and O–H groups in total. The number of sulfonamides is 1. The molecule has 0 aliphatic carbocycles. The molecule has 9 heteroatoms. The molecule has 8 nitrogen and oxygen atoms in total. The number of hydrogen-bond acceptors (Lipinski definition) is 5. The second-order valence-corrected chi connectivity index (χ2v) is 6.24. The summed E-state index contributed by atoms with van der Waals surface area (Å²) in [6.07, 6.45) is 3.07. The lowest BCUT2D eigenvalue weighted by Crippen LogP contribution is -2.24. The fourth-order valence-electron chi connectivity index (χ4n) is 2.02. The second-order valence-electron chi connectivity index (χ2n) is 4.47. The van der Waals surface area contributed by atoms with E-state index in [2.05, 4.69) is 14.9 Å². The summed E-state index contributed by atoms with van der Waals surface area (Å²) in [7, 11) is -3.65. The maximum Gasteiger partial charge on any atom is 0.242 e. The highest BCUT2D eigenvalue weighted by Gasteiger charge is 2.18. The van der Waals surface area contributed by atoms with Gasteiger partial charge in [0.05, 0.1) is 18.0 Å². The van der Waals surface area contributed by atoms with E-state index in [1.165, 1.54) is 12.3 Å². The van der Waals surface area contributed by atoms with Crippen molar-refractivity contribution in [2.75, 3.05) is 0 Å². The normalized spacial score (nSPS) is 12.0. The van der Waals surface area contributed by atoms with Crippen LogP contribution in [0.2, 0.25) is 0 Å². The summed E-state index contributed by atoms with van der Waals surface area (Å²) in [6.45, 7) is 4.94. The van der Waals surface area contributed by atoms with E-state index < -0.39 is 10.0 Å². The Balaban J connectivity index is 2.17. The van der Waals surface area contributed by atoms with Crippen molar-refractivity contribution in [3.05, 3.63) is 30.1 Å². The second kappa shape index (κ2) is 6.37. The quantitative estimate of drug-likeness (QED) is 0.754. The molecule has 2 aromatic heterocycles. The van der Waals surface area contributed by atoms with Crippen molar-refractivity contribution in [3.63, 3.8) is 0 Å². The van der Waals surface area contributed by atoms with Gasteiger partial charge in [-0.3, -0.25) is 0 Å². The maximum atomic E-state index is 12.3. The summed E-state index contributed by atoms with van der Waals surface area (Å²) in [6, 6.07) is 1.47. The molecule has 116 valence electrons. The van der Waals surface area contributed by atoms with Gasteiger partial charge in [0.25, 0.3) is 0 Å². The zero-order valence-corrected chi connectivity index (χ0v) is 12.8. The van der Waals surface area contributed by atoms with Crippen LogP contribution >= 0.6 is 0 Å². The SMILES string of the molecule is CCn1cc(S(=O)(=O)NCc2nncn2CC)cc1CO. The molecule has 0 fully saturated rings. The average Bonchev–Trinajstić information content (AvgIpc) is 3.11. The van der Waals surface area contributed by atoms with Crippen LogP contribution < -0.4 is 4.72 Å². The highest BCUT2D eigenvalue weighted by Crippen LogP contribution is 2.15. The minimum atomic E-state index is -3.65. The Labute approximate surface area is 123 Å². The summed E-state index contributed by atoms with van der Waals surface area (Å²) in [5, 5.41) is 16.9. The highest BCUT2D eigenvalue weighted by molar-refractivity contribution is 7.89. The first-order valence-corrected chi connectivity index (χ1v) is 8.16. The Morgan fingerprint density at radius 1 is 1.29 bits per heavy atom. The van der Waals surface area contributed by atoms with Crippen LogP contribution in [-0.4, -0.2) is 32.9 Å². The van der Waals surface area contributed by atoms with Gasteiger partial charge in [0.1, 0.15) is 12.2 Å². The average molecular weight is 313 g/mol. The first-order chi connectivity index (χ1) is 10.0. The lowest BCUT2D eigenvalue weighted by atomic mass is 10.4. The number of rotatable bonds is 7. The highest BCUT2D eigenvalue weighted by atomic mass is 32.2. The van der Waals surface area contributed by atoms with Gasteiger partial charge in [-0.25, -0.2) is 13.1 Å². The van der Waals surface area contributed by atoms with Crippen LogP contribution in [0.15, 0.2) is 23.5 Å². The topological polar surface area (TPSA) is 102 Å². The molecule has 21 heavy (non-hydrogen) atoms. The van der Waals surface area contributed by atoms with Crippen LogP contribution in [0.5, 0.6) is 0 Å². The van der Waals surface area contributed by atoms with Crippen LogP contribution in [0.25, 0.3) is 0 Å². The molecule has 2 aromatic rings. The van der Waals surface area contributed by atoms with Gasteiger partial charge in [-0.15, -0.1) is 10.2 Å². The van der Waals surface area contributed by atoms with Gasteiger partial charge in [0.15, 0.2) is 0 Å². The summed E-state index contributed by atoms with van der Waals surface area (Å²) in [4.78, 5) is 0.135. The Morgan fingerprint density at radius 3 is 2.57 bits per heavy atom. The van der Waals surface area contributed by atoms with E-state index in [0.717, 1.165) is 0 Å². The third-order valence-corrected chi connectivity index (χ3v) is 4.60. The predicted octanol–water partition coefficient (Wildman–Crippen LogP) is 0.0902. The first kappa shape index (κ1) is 15.7. The van der Waals surface area contributed by atoms with Gasteiger partial charge in [0, 0.05) is 25.0 Å². The Bertz CT molecular complexity index is 683. The number of nitrogens with zero attached hydrogens (tertiary/aromatic N) is 4. The van der Waals surface area contributed by atoms with Gasteiger partial charge in [-0.2, -0.15) is 0 Å². The fourth-order valence-corrected chi connectivity index (χ4v) is 3.06. The number of hydrogen-bond donors (Lipinski definition) is 2. The van der Waals surface area contributed by atoms with Gasteiger partial charge >= 0.3 is 0 Å². The standard InChI is InChI=1S/C12H19N5O3S/c1-3-16-7-11(5-10(16)8-18)21(19,20)14-6-12-15-13-9-17(12)4-2/h5,7,9,14,18H,3-4,6,8H2,1-2H3. The number of aliphatic hydroxyl groups excluding tert-OH is 1. The zero-order valence-electron chi connectivity index (χ0n) is 12.0. The molecule has 0 amide bonds. The summed E-state index contributed by atoms with van der Waals surface area (Å²) in [5.74, 6) is 0.554. The lowest BCUT2D eigenvalue weighted by molar-refractivity contribution is 0.271. The molecular formula is C12H19N5O3S. The van der Waals surface area contributed by atoms with Gasteiger partial charge in [-0.05, 0) is 19.9 Å². The first-order valence-electron chi connectivity index (χ1n) is 6.68. The van der Waals surface area contributed by atoms with Crippen LogP contribution in [-0.2, 0) is 36.3 Å². The fraction of sp³-hybridized carbons (Fsp3) is 0.500. The van der Waals surface area contributed by atoms with Crippen LogP contribution in [0, 0.1) is 0 Å². The van der Waals surface area contributed by atoms with E-state index >= 15 is 0 Å². The van der Waals surface area contributed by atoms with Gasteiger partial charge in [0.2, 0.25) is 10.0 Å². The minimum Gasteiger partial charge on any atom is -0.390 e. The molecule has 0 saturated heterocycles. The number of nitrogens with one attached hydrogen (secondary N) is 1. The molecular weight excluding hydrogens is 294 g/mol. The van der Waals surface area contributed by atoms with Crippen LogP contribution in [0.3, 0.4) is 0 Å². The number of aliphatic hydroxyl groups is 1. The van der Waals surface area contributed by atoms with Crippen molar-refractivity contribution < 1.29 is 13.5 Å². The summed E-state index contributed by atoms with van der Waals surface area (Å²) in [5.41, 5.74) is 0.564. The Hall–Kier alpha value is -1.71. The van der Waals surface area contributed by atoms with Crippen molar-refractivity contribution in [2.24, 2.45) is 0 Å². The van der Waals surface area contributed by atoms with Crippen molar-refractivity contribution >= 4 is 10.0 Å². The third-order valence-electron chi connectivity index (χ3n) is 3.23. The Kier molecular flexibility index (Phi) is 4.76. The van der Waals surface area contributed by atoms with Crippen LogP contribution in [0.1, 0.15) is 25.4 Å². The molecule has 0 aliphatic heterocycles. The van der Waals surface area contributed by atoms with Gasteiger partial charge in [-0.1, -0.05) is 0 Å². The molecule has 0 atom stereocenters. The van der Waals surface area contributed by atoms with Gasteiger partial charge < -0.3 is 14.2 Å². The summed E-state index contributed by atoms with van der Waals surface area (Å²) >= 11 is 0.